The largest absolute Gasteiger partial charge is 0.508 e. The predicted molar refractivity (Wildman–Crippen MR) is 263 cm³/mol. The SMILES string of the molecule is CCCCCCCC/C=C/CCCCCCCCOC(COC(=O)O[C@H]1CC[C@@]2(C)C(=CC[C@H]3[C@@H]4CC[C@H]([C@H](C)CCCC(C)C)[C@@]4(C)CC[C@@H]32)C1)COP(=O)(O)OCC[N+](C)(C)C. The van der Waals surface area contributed by atoms with Gasteiger partial charge in [0.1, 0.15) is 32.0 Å². The molecule has 3 fully saturated rings. The zero-order valence-corrected chi connectivity index (χ0v) is 43.7. The second-order valence-electron chi connectivity index (χ2n) is 22.9. The molecule has 3 saturated carbocycles. The van der Waals surface area contributed by atoms with Crippen LogP contribution in [0.4, 0.5) is 4.79 Å². The van der Waals surface area contributed by atoms with E-state index in [0.717, 1.165) is 81.0 Å². The number of phosphoric acid groups is 1. The maximum atomic E-state index is 13.2. The molecule has 0 aliphatic heterocycles. The van der Waals surface area contributed by atoms with E-state index in [2.05, 4.69) is 59.8 Å². The first-order chi connectivity index (χ1) is 30.5. The van der Waals surface area contributed by atoms with Crippen LogP contribution in [0, 0.1) is 46.3 Å². The highest BCUT2D eigenvalue weighted by Gasteiger charge is 2.59. The highest BCUT2D eigenvalue weighted by Crippen LogP contribution is 2.67. The molecule has 9 nitrogen and oxygen atoms in total. The van der Waals surface area contributed by atoms with Crippen molar-refractivity contribution in [1.29, 1.82) is 0 Å². The molecular weight excluding hydrogens is 822 g/mol. The topological polar surface area (TPSA) is 101 Å². The Balaban J connectivity index is 1.20. The van der Waals surface area contributed by atoms with Gasteiger partial charge in [-0.05, 0) is 123 Å². The fourth-order valence-electron chi connectivity index (χ4n) is 12.5. The van der Waals surface area contributed by atoms with E-state index in [-0.39, 0.29) is 31.3 Å². The summed E-state index contributed by atoms with van der Waals surface area (Å²) in [6.07, 6.45) is 36.1. The summed E-state index contributed by atoms with van der Waals surface area (Å²) in [4.78, 5) is 23.6. The number of rotatable bonds is 32. The number of hydrogen-bond acceptors (Lipinski definition) is 7. The molecule has 4 aliphatic carbocycles. The van der Waals surface area contributed by atoms with E-state index in [0.29, 0.717) is 29.0 Å². The van der Waals surface area contributed by atoms with Crippen molar-refractivity contribution in [3.63, 3.8) is 0 Å². The van der Waals surface area contributed by atoms with Gasteiger partial charge in [0.15, 0.2) is 0 Å². The Morgan fingerprint density at radius 2 is 1.48 bits per heavy atom. The predicted octanol–water partition coefficient (Wildman–Crippen LogP) is 14.8. The molecule has 0 radical (unpaired) electrons. The van der Waals surface area contributed by atoms with Crippen molar-refractivity contribution in [2.45, 2.75) is 214 Å². The maximum Gasteiger partial charge on any atom is 0.508 e. The lowest BCUT2D eigenvalue weighted by molar-refractivity contribution is -0.870. The molecule has 0 aromatic rings. The highest BCUT2D eigenvalue weighted by atomic mass is 31.2. The number of likely N-dealkylation sites (N-methyl/N-ethyl adjacent to an activating group) is 1. The van der Waals surface area contributed by atoms with Crippen molar-refractivity contribution >= 4 is 14.0 Å². The van der Waals surface area contributed by atoms with Crippen LogP contribution >= 0.6 is 7.82 Å². The number of nitrogens with zero attached hydrogens (tertiary/aromatic N) is 1. The monoisotopic (exact) mass is 921 g/mol. The number of ether oxygens (including phenoxy) is 3. The van der Waals surface area contributed by atoms with Crippen LogP contribution in [0.5, 0.6) is 0 Å². The number of hydrogen-bond donors (Lipinski definition) is 1. The smallest absolute Gasteiger partial charge is 0.431 e. The number of quaternary nitrogens is 1. The summed E-state index contributed by atoms with van der Waals surface area (Å²) in [6, 6.07) is 0. The molecule has 0 spiro atoms. The number of carbonyl (C=O) groups is 1. The molecule has 0 saturated heterocycles. The van der Waals surface area contributed by atoms with E-state index in [4.69, 9.17) is 23.3 Å². The zero-order chi connectivity index (χ0) is 46.6. The lowest BCUT2D eigenvalue weighted by Gasteiger charge is -2.58. The first-order valence-electron chi connectivity index (χ1n) is 26.7. The normalized spacial score (nSPS) is 28.9. The van der Waals surface area contributed by atoms with Gasteiger partial charge < -0.3 is 23.6 Å². The van der Waals surface area contributed by atoms with Crippen LogP contribution in [0.2, 0.25) is 0 Å². The first kappa shape index (κ1) is 55.4. The van der Waals surface area contributed by atoms with Crippen LogP contribution in [-0.4, -0.2) is 81.9 Å². The molecular formula is C54H99NO8P+. The standard InChI is InChI=1S/C54H98NO8P/c1-10-11-12-13-14-15-16-17-18-19-20-21-22-23-24-25-38-59-47(42-62-64(57,58)61-39-37-55(7,8)9)41-60-52(56)63-46-33-35-53(5)45(40-46)29-30-48-50-32-31-49(44(4)28-26-27-43(2)3)54(50,6)36-34-51(48)53/h17-18,29,43-44,46-51H,10-16,19-28,30-42H2,1-9H3/p+1/b18-17+/t44-,46+,47?,48+,49-,50+,51+,53+,54-/m1/s1. The van der Waals surface area contributed by atoms with Gasteiger partial charge in [-0.2, -0.15) is 0 Å². The third kappa shape index (κ3) is 18.4. The minimum Gasteiger partial charge on any atom is -0.431 e. The number of phosphoric ester groups is 1. The summed E-state index contributed by atoms with van der Waals surface area (Å²) in [6.45, 7) is 15.4. The second-order valence-corrected chi connectivity index (χ2v) is 24.3. The molecule has 4 rings (SSSR count). The second kappa shape index (κ2) is 27.7. The van der Waals surface area contributed by atoms with Crippen LogP contribution in [0.1, 0.15) is 202 Å². The van der Waals surface area contributed by atoms with Crippen molar-refractivity contribution in [2.75, 3.05) is 54.1 Å². The third-order valence-electron chi connectivity index (χ3n) is 16.4. The number of unbranched alkanes of at least 4 members (excludes halogenated alkanes) is 12. The van der Waals surface area contributed by atoms with E-state index < -0.39 is 20.1 Å². The van der Waals surface area contributed by atoms with E-state index in [1.165, 1.54) is 115 Å². The molecule has 0 amide bonds. The summed E-state index contributed by atoms with van der Waals surface area (Å²) in [5.41, 5.74) is 2.11. The lowest BCUT2D eigenvalue weighted by Crippen LogP contribution is -2.51. The molecule has 2 unspecified atom stereocenters. The number of fused-ring (bicyclic) bond motifs is 5. The van der Waals surface area contributed by atoms with Gasteiger partial charge in [-0.15, -0.1) is 0 Å². The van der Waals surface area contributed by atoms with Gasteiger partial charge >= 0.3 is 14.0 Å². The fraction of sp³-hybridized carbons (Fsp3) is 0.907. The average molecular weight is 921 g/mol. The van der Waals surface area contributed by atoms with E-state index in [9.17, 15) is 14.3 Å². The quantitative estimate of drug-likeness (QED) is 0.0234. The van der Waals surface area contributed by atoms with Gasteiger partial charge in [-0.25, -0.2) is 9.36 Å². The highest BCUT2D eigenvalue weighted by molar-refractivity contribution is 7.47. The van der Waals surface area contributed by atoms with Crippen molar-refractivity contribution in [2.24, 2.45) is 46.3 Å². The molecule has 372 valence electrons. The Hall–Kier alpha value is -1.22. The molecule has 1 N–H and O–H groups in total. The molecule has 0 aromatic carbocycles. The average Bonchev–Trinajstić information content (AvgIpc) is 3.59. The van der Waals surface area contributed by atoms with Crippen LogP contribution in [0.25, 0.3) is 0 Å². The molecule has 4 aliphatic rings. The van der Waals surface area contributed by atoms with Crippen LogP contribution < -0.4 is 0 Å². The minimum absolute atomic E-state index is 0.0811. The van der Waals surface area contributed by atoms with Gasteiger partial charge in [-0.1, -0.05) is 142 Å². The van der Waals surface area contributed by atoms with Crippen molar-refractivity contribution in [1.82, 2.24) is 0 Å². The van der Waals surface area contributed by atoms with Gasteiger partial charge in [0.2, 0.25) is 0 Å². The Morgan fingerprint density at radius 3 is 2.16 bits per heavy atom. The van der Waals surface area contributed by atoms with Crippen LogP contribution in [0.15, 0.2) is 23.8 Å². The zero-order valence-electron chi connectivity index (χ0n) is 42.8. The van der Waals surface area contributed by atoms with Crippen LogP contribution in [-0.2, 0) is 27.8 Å². The summed E-state index contributed by atoms with van der Waals surface area (Å²) >= 11 is 0. The Labute approximate surface area is 393 Å². The third-order valence-corrected chi connectivity index (χ3v) is 17.3. The van der Waals surface area contributed by atoms with Gasteiger partial charge in [0.25, 0.3) is 0 Å². The van der Waals surface area contributed by atoms with Gasteiger partial charge in [-0.3, -0.25) is 9.05 Å². The Morgan fingerprint density at radius 1 is 0.812 bits per heavy atom. The number of carbonyl (C=O) groups excluding carboxylic acids is 1. The van der Waals surface area contributed by atoms with Crippen molar-refractivity contribution < 1.29 is 42.0 Å². The van der Waals surface area contributed by atoms with E-state index >= 15 is 0 Å². The van der Waals surface area contributed by atoms with Crippen molar-refractivity contribution in [3.8, 4) is 0 Å². The Bertz CT molecular complexity index is 1440. The summed E-state index contributed by atoms with van der Waals surface area (Å²) in [5.74, 6) is 4.74. The van der Waals surface area contributed by atoms with Crippen LogP contribution in [0.3, 0.4) is 0 Å². The van der Waals surface area contributed by atoms with E-state index in [1.807, 2.05) is 21.1 Å². The molecule has 0 heterocycles. The summed E-state index contributed by atoms with van der Waals surface area (Å²) in [7, 11) is 1.65. The first-order valence-corrected chi connectivity index (χ1v) is 28.2. The van der Waals surface area contributed by atoms with Gasteiger partial charge in [0, 0.05) is 13.0 Å². The molecule has 0 bridgehead atoms. The summed E-state index contributed by atoms with van der Waals surface area (Å²) < 4.78 is 41.7. The lowest BCUT2D eigenvalue weighted by atomic mass is 9.47. The summed E-state index contributed by atoms with van der Waals surface area (Å²) in [5, 5.41) is 0. The van der Waals surface area contributed by atoms with Gasteiger partial charge in [0.05, 0.1) is 27.7 Å². The molecule has 64 heavy (non-hydrogen) atoms. The maximum absolute atomic E-state index is 13.2. The molecule has 10 heteroatoms. The molecule has 0 aromatic heterocycles. The Kier molecular flexibility index (Phi) is 24.0. The van der Waals surface area contributed by atoms with E-state index in [1.54, 1.807) is 0 Å². The molecule has 10 atom stereocenters. The number of allylic oxidation sites excluding steroid dienone is 3. The fourth-order valence-corrected chi connectivity index (χ4v) is 13.2. The minimum atomic E-state index is -4.32. The van der Waals surface area contributed by atoms with Crippen molar-refractivity contribution in [3.05, 3.63) is 23.8 Å².